The van der Waals surface area contributed by atoms with Crippen LogP contribution in [0.3, 0.4) is 0 Å². The van der Waals surface area contributed by atoms with Gasteiger partial charge in [0.15, 0.2) is 0 Å². The molecule has 0 radical (unpaired) electrons. The Morgan fingerprint density at radius 3 is 2.62 bits per heavy atom. The molecule has 0 aromatic carbocycles. The smallest absolute Gasteiger partial charge is 0.345 e. The lowest BCUT2D eigenvalue weighted by atomic mass is 10.2. The summed E-state index contributed by atoms with van der Waals surface area (Å²) in [5.74, 6) is -0.703. The van der Waals surface area contributed by atoms with Gasteiger partial charge in [0.05, 0.1) is 10.9 Å². The number of carbonyl (C=O) groups is 3. The molecule has 1 aliphatic carbocycles. The van der Waals surface area contributed by atoms with Crippen molar-refractivity contribution in [1.29, 1.82) is 0 Å². The van der Waals surface area contributed by atoms with Gasteiger partial charge in [-0.3, -0.25) is 9.59 Å². The molecule has 2 N–H and O–H groups in total. The average Bonchev–Trinajstić information content (AvgIpc) is 2.86. The maximum absolute atomic E-state index is 12.1. The lowest BCUT2D eigenvalue weighted by molar-refractivity contribution is -0.128. The second-order valence-corrected chi connectivity index (χ2v) is 6.75. The third-order valence-corrected chi connectivity index (χ3v) is 5.07. The Labute approximate surface area is 125 Å². The number of nitrogens with zero attached hydrogens (tertiary/aromatic N) is 1. The van der Waals surface area contributed by atoms with Crippen LogP contribution in [0.4, 0.5) is 0 Å². The number of carboxylic acid groups (broad SMARTS) is 1. The van der Waals surface area contributed by atoms with E-state index in [-0.39, 0.29) is 22.7 Å². The van der Waals surface area contributed by atoms with E-state index < -0.39 is 5.97 Å². The van der Waals surface area contributed by atoms with E-state index in [2.05, 4.69) is 12.2 Å². The van der Waals surface area contributed by atoms with Gasteiger partial charge in [0.25, 0.3) is 5.91 Å². The number of aromatic carboxylic acids is 1. The van der Waals surface area contributed by atoms with Crippen molar-refractivity contribution < 1.29 is 19.5 Å². The molecule has 112 valence electrons. The SMILES string of the molecule is C[C@@H]1C[C@@H]1N1C[C@H](NC(=O)c2ccc(C(=O)O)s2)CC1=O. The zero-order chi connectivity index (χ0) is 15.1. The molecular weight excluding hydrogens is 292 g/mol. The molecule has 21 heavy (non-hydrogen) atoms. The van der Waals surface area contributed by atoms with Crippen LogP contribution < -0.4 is 5.32 Å². The first kappa shape index (κ1) is 14.1. The number of hydrogen-bond acceptors (Lipinski definition) is 4. The summed E-state index contributed by atoms with van der Waals surface area (Å²) in [6.45, 7) is 2.67. The van der Waals surface area contributed by atoms with Crippen molar-refractivity contribution in [2.75, 3.05) is 6.54 Å². The van der Waals surface area contributed by atoms with Crippen LogP contribution >= 0.6 is 11.3 Å². The van der Waals surface area contributed by atoms with Crippen LogP contribution in [0.2, 0.25) is 0 Å². The van der Waals surface area contributed by atoms with Crippen molar-refractivity contribution in [2.45, 2.75) is 31.8 Å². The van der Waals surface area contributed by atoms with Gasteiger partial charge >= 0.3 is 5.97 Å². The Balaban J connectivity index is 1.60. The molecule has 2 heterocycles. The Kier molecular flexibility index (Phi) is 3.44. The van der Waals surface area contributed by atoms with Crippen LogP contribution in [-0.2, 0) is 4.79 Å². The molecular formula is C14H16N2O4S. The molecule has 3 rings (SSSR count). The minimum Gasteiger partial charge on any atom is -0.477 e. The zero-order valence-electron chi connectivity index (χ0n) is 11.5. The van der Waals surface area contributed by atoms with E-state index in [1.54, 1.807) is 0 Å². The maximum atomic E-state index is 12.1. The minimum atomic E-state index is -1.04. The summed E-state index contributed by atoms with van der Waals surface area (Å²) in [5, 5.41) is 11.7. The van der Waals surface area contributed by atoms with E-state index in [1.165, 1.54) is 12.1 Å². The highest BCUT2D eigenvalue weighted by Gasteiger charge is 2.44. The molecule has 7 heteroatoms. The van der Waals surface area contributed by atoms with E-state index >= 15 is 0 Å². The number of carbonyl (C=O) groups excluding carboxylic acids is 2. The highest BCUT2D eigenvalue weighted by Crippen LogP contribution is 2.37. The summed E-state index contributed by atoms with van der Waals surface area (Å²) in [6.07, 6.45) is 1.37. The molecule has 1 aromatic rings. The lowest BCUT2D eigenvalue weighted by Crippen LogP contribution is -2.37. The summed E-state index contributed by atoms with van der Waals surface area (Å²) in [5.41, 5.74) is 0. The number of amides is 2. The standard InChI is InChI=1S/C14H16N2O4S/c1-7-4-9(7)16-6-8(5-12(16)17)15-13(18)10-2-3-11(21-10)14(19)20/h2-3,7-9H,4-6H2,1H3,(H,15,18)(H,19,20)/t7-,8-,9+/m1/s1. The zero-order valence-corrected chi connectivity index (χ0v) is 12.4. The molecule has 2 aliphatic rings. The predicted octanol–water partition coefficient (Wildman–Crippen LogP) is 1.19. The van der Waals surface area contributed by atoms with E-state index in [9.17, 15) is 14.4 Å². The molecule has 1 aromatic heterocycles. The van der Waals surface area contributed by atoms with Crippen molar-refractivity contribution in [2.24, 2.45) is 5.92 Å². The van der Waals surface area contributed by atoms with E-state index in [1.807, 2.05) is 4.90 Å². The number of thiophene rings is 1. The maximum Gasteiger partial charge on any atom is 0.345 e. The van der Waals surface area contributed by atoms with Gasteiger partial charge in [-0.05, 0) is 24.5 Å². The fraction of sp³-hybridized carbons (Fsp3) is 0.500. The van der Waals surface area contributed by atoms with Crippen LogP contribution in [0, 0.1) is 5.92 Å². The molecule has 2 fully saturated rings. The third kappa shape index (κ3) is 2.78. The molecule has 6 nitrogen and oxygen atoms in total. The monoisotopic (exact) mass is 308 g/mol. The summed E-state index contributed by atoms with van der Waals surface area (Å²) in [7, 11) is 0. The normalized spacial score (nSPS) is 27.8. The lowest BCUT2D eigenvalue weighted by Gasteiger charge is -2.16. The summed E-state index contributed by atoms with van der Waals surface area (Å²) < 4.78 is 0. The molecule has 0 unspecified atom stereocenters. The first-order valence-corrected chi connectivity index (χ1v) is 7.71. The second-order valence-electron chi connectivity index (χ2n) is 5.67. The van der Waals surface area contributed by atoms with Gasteiger partial charge in [0, 0.05) is 19.0 Å². The molecule has 2 amide bonds. The number of rotatable bonds is 4. The van der Waals surface area contributed by atoms with Gasteiger partial charge < -0.3 is 15.3 Å². The molecule has 1 saturated carbocycles. The third-order valence-electron chi connectivity index (χ3n) is 4.00. The Bertz CT molecular complexity index is 612. The number of carboxylic acids is 1. The first-order valence-electron chi connectivity index (χ1n) is 6.89. The number of nitrogens with one attached hydrogen (secondary N) is 1. The minimum absolute atomic E-state index is 0.0899. The van der Waals surface area contributed by atoms with Gasteiger partial charge in [0.1, 0.15) is 4.88 Å². The predicted molar refractivity (Wildman–Crippen MR) is 76.4 cm³/mol. The van der Waals surface area contributed by atoms with Gasteiger partial charge in [-0.2, -0.15) is 0 Å². The van der Waals surface area contributed by atoms with Gasteiger partial charge in [0.2, 0.25) is 5.91 Å². The largest absolute Gasteiger partial charge is 0.477 e. The molecule has 1 saturated heterocycles. The van der Waals surface area contributed by atoms with Crippen LogP contribution in [0.5, 0.6) is 0 Å². The van der Waals surface area contributed by atoms with Crippen LogP contribution in [-0.4, -0.2) is 46.4 Å². The summed E-state index contributed by atoms with van der Waals surface area (Å²) in [6, 6.07) is 3.06. The van der Waals surface area contributed by atoms with Crippen molar-refractivity contribution in [3.8, 4) is 0 Å². The quantitative estimate of drug-likeness (QED) is 0.874. The van der Waals surface area contributed by atoms with Crippen molar-refractivity contribution >= 4 is 29.1 Å². The summed E-state index contributed by atoms with van der Waals surface area (Å²) in [4.78, 5) is 37.2. The van der Waals surface area contributed by atoms with Gasteiger partial charge in [-0.1, -0.05) is 6.92 Å². The van der Waals surface area contributed by atoms with Crippen molar-refractivity contribution in [3.05, 3.63) is 21.9 Å². The first-order chi connectivity index (χ1) is 9.95. The van der Waals surface area contributed by atoms with E-state index in [0.717, 1.165) is 17.8 Å². The molecule has 0 bridgehead atoms. The average molecular weight is 308 g/mol. The van der Waals surface area contributed by atoms with Crippen LogP contribution in [0.25, 0.3) is 0 Å². The van der Waals surface area contributed by atoms with E-state index in [0.29, 0.717) is 29.8 Å². The van der Waals surface area contributed by atoms with E-state index in [4.69, 9.17) is 5.11 Å². The topological polar surface area (TPSA) is 86.7 Å². The summed E-state index contributed by atoms with van der Waals surface area (Å²) >= 11 is 0.943. The van der Waals surface area contributed by atoms with Gasteiger partial charge in [-0.25, -0.2) is 4.79 Å². The van der Waals surface area contributed by atoms with Crippen LogP contribution in [0.1, 0.15) is 39.1 Å². The van der Waals surface area contributed by atoms with Crippen LogP contribution in [0.15, 0.2) is 12.1 Å². The molecule has 3 atom stereocenters. The highest BCUT2D eigenvalue weighted by molar-refractivity contribution is 7.15. The van der Waals surface area contributed by atoms with Crippen molar-refractivity contribution in [1.82, 2.24) is 10.2 Å². The van der Waals surface area contributed by atoms with Crippen molar-refractivity contribution in [3.63, 3.8) is 0 Å². The fourth-order valence-corrected chi connectivity index (χ4v) is 3.47. The number of hydrogen-bond donors (Lipinski definition) is 2. The van der Waals surface area contributed by atoms with Gasteiger partial charge in [-0.15, -0.1) is 11.3 Å². The Hall–Kier alpha value is -1.89. The highest BCUT2D eigenvalue weighted by atomic mass is 32.1. The Morgan fingerprint density at radius 1 is 1.38 bits per heavy atom. The number of likely N-dealkylation sites (tertiary alicyclic amines) is 1. The Morgan fingerprint density at radius 2 is 2.05 bits per heavy atom. The molecule has 1 aliphatic heterocycles. The fourth-order valence-electron chi connectivity index (χ4n) is 2.72. The second kappa shape index (κ2) is 5.14. The molecule has 0 spiro atoms.